The monoisotopic (exact) mass is 273 g/mol. The highest BCUT2D eigenvalue weighted by atomic mass is 16.5. The third kappa shape index (κ3) is 2.29. The lowest BCUT2D eigenvalue weighted by Crippen LogP contribution is -2.41. The van der Waals surface area contributed by atoms with Crippen molar-refractivity contribution >= 4 is 0 Å². The largest absolute Gasteiger partial charge is 0.497 e. The van der Waals surface area contributed by atoms with Gasteiger partial charge in [-0.15, -0.1) is 0 Å². The number of ether oxygens (including phenoxy) is 1. The van der Waals surface area contributed by atoms with E-state index in [4.69, 9.17) is 4.74 Å². The van der Waals surface area contributed by atoms with Gasteiger partial charge in [0.25, 0.3) is 0 Å². The highest BCUT2D eigenvalue weighted by Gasteiger charge is 2.52. The molecule has 0 amide bonds. The molecular formula is C17H23NO2. The van der Waals surface area contributed by atoms with E-state index in [-0.39, 0.29) is 0 Å². The minimum Gasteiger partial charge on any atom is -0.497 e. The van der Waals surface area contributed by atoms with Gasteiger partial charge in [0.2, 0.25) is 0 Å². The highest BCUT2D eigenvalue weighted by molar-refractivity contribution is 5.34. The molecule has 0 saturated heterocycles. The van der Waals surface area contributed by atoms with E-state index in [1.165, 1.54) is 0 Å². The van der Waals surface area contributed by atoms with Crippen LogP contribution in [0.15, 0.2) is 24.3 Å². The Morgan fingerprint density at radius 3 is 2.55 bits per heavy atom. The lowest BCUT2D eigenvalue weighted by Gasteiger charge is -2.38. The predicted octanol–water partition coefficient (Wildman–Crippen LogP) is 3.62. The van der Waals surface area contributed by atoms with Gasteiger partial charge in [-0.2, -0.15) is 5.26 Å². The van der Waals surface area contributed by atoms with Crippen LogP contribution in [-0.2, 0) is 5.60 Å². The van der Waals surface area contributed by atoms with Crippen LogP contribution in [0.1, 0.15) is 45.1 Å². The van der Waals surface area contributed by atoms with Gasteiger partial charge in [0.05, 0.1) is 18.6 Å². The number of aliphatic hydroxyl groups is 1. The zero-order valence-electron chi connectivity index (χ0n) is 12.5. The normalized spacial score (nSPS) is 28.6. The van der Waals surface area contributed by atoms with E-state index in [1.807, 2.05) is 24.3 Å². The molecule has 2 rings (SSSR count). The van der Waals surface area contributed by atoms with Gasteiger partial charge in [-0.3, -0.25) is 0 Å². The SMILES string of the molecule is CCC1CCC(C#N)(C(C)(O)c2ccc(OC)cc2)C1. The van der Waals surface area contributed by atoms with Crippen LogP contribution in [0, 0.1) is 22.7 Å². The van der Waals surface area contributed by atoms with Crippen LogP contribution in [0.25, 0.3) is 0 Å². The summed E-state index contributed by atoms with van der Waals surface area (Å²) in [5.41, 5.74) is -1.02. The molecule has 108 valence electrons. The molecule has 3 heteroatoms. The van der Waals surface area contributed by atoms with E-state index in [2.05, 4.69) is 13.0 Å². The maximum absolute atomic E-state index is 11.0. The Morgan fingerprint density at radius 2 is 2.10 bits per heavy atom. The second-order valence-electron chi connectivity index (χ2n) is 6.01. The van der Waals surface area contributed by atoms with E-state index in [9.17, 15) is 10.4 Å². The van der Waals surface area contributed by atoms with Gasteiger partial charge < -0.3 is 9.84 Å². The first-order chi connectivity index (χ1) is 9.49. The zero-order chi connectivity index (χ0) is 14.8. The maximum atomic E-state index is 11.0. The van der Waals surface area contributed by atoms with Gasteiger partial charge in [-0.25, -0.2) is 0 Å². The number of methoxy groups -OCH3 is 1. The van der Waals surface area contributed by atoms with E-state index in [1.54, 1.807) is 14.0 Å². The summed E-state index contributed by atoms with van der Waals surface area (Å²) in [5.74, 6) is 1.30. The van der Waals surface area contributed by atoms with Crippen molar-refractivity contribution < 1.29 is 9.84 Å². The van der Waals surface area contributed by atoms with Crippen molar-refractivity contribution in [3.8, 4) is 11.8 Å². The summed E-state index contributed by atoms with van der Waals surface area (Å²) < 4.78 is 5.15. The van der Waals surface area contributed by atoms with Gasteiger partial charge in [-0.1, -0.05) is 25.5 Å². The summed E-state index contributed by atoms with van der Waals surface area (Å²) in [6, 6.07) is 9.81. The molecule has 0 heterocycles. The molecule has 0 aromatic heterocycles. The number of rotatable bonds is 4. The highest BCUT2D eigenvalue weighted by Crippen LogP contribution is 2.53. The number of nitriles is 1. The summed E-state index contributed by atoms with van der Waals surface area (Å²) in [7, 11) is 1.62. The molecule has 1 aromatic carbocycles. The molecule has 20 heavy (non-hydrogen) atoms. The molecule has 1 N–H and O–H groups in total. The van der Waals surface area contributed by atoms with Crippen molar-refractivity contribution in [1.82, 2.24) is 0 Å². The van der Waals surface area contributed by atoms with E-state index >= 15 is 0 Å². The molecule has 1 aliphatic carbocycles. The average molecular weight is 273 g/mol. The fraction of sp³-hybridized carbons (Fsp3) is 0.588. The van der Waals surface area contributed by atoms with Crippen LogP contribution in [0.4, 0.5) is 0 Å². The van der Waals surface area contributed by atoms with Gasteiger partial charge in [0.15, 0.2) is 0 Å². The number of nitrogens with zero attached hydrogens (tertiary/aromatic N) is 1. The topological polar surface area (TPSA) is 53.2 Å². The maximum Gasteiger partial charge on any atom is 0.118 e. The fourth-order valence-corrected chi connectivity index (χ4v) is 3.34. The van der Waals surface area contributed by atoms with Crippen LogP contribution >= 0.6 is 0 Å². The Bertz CT molecular complexity index is 501. The molecule has 3 nitrogen and oxygen atoms in total. The van der Waals surface area contributed by atoms with Crippen molar-refractivity contribution in [3.05, 3.63) is 29.8 Å². The summed E-state index contributed by atoms with van der Waals surface area (Å²) in [5, 5.41) is 20.7. The summed E-state index contributed by atoms with van der Waals surface area (Å²) >= 11 is 0. The summed E-state index contributed by atoms with van der Waals surface area (Å²) in [6.45, 7) is 3.93. The Labute approximate surface area is 121 Å². The van der Waals surface area contributed by atoms with Crippen LogP contribution in [0.2, 0.25) is 0 Å². The third-order valence-electron chi connectivity index (χ3n) is 4.99. The van der Waals surface area contributed by atoms with Gasteiger partial charge in [-0.05, 0) is 49.8 Å². The summed E-state index contributed by atoms with van der Waals surface area (Å²) in [4.78, 5) is 0. The molecule has 3 atom stereocenters. The second-order valence-corrected chi connectivity index (χ2v) is 6.01. The number of hydrogen-bond donors (Lipinski definition) is 1. The smallest absolute Gasteiger partial charge is 0.118 e. The van der Waals surface area contributed by atoms with Crippen LogP contribution in [0.3, 0.4) is 0 Å². The first-order valence-corrected chi connectivity index (χ1v) is 7.27. The molecule has 0 bridgehead atoms. The second kappa shape index (κ2) is 5.46. The van der Waals surface area contributed by atoms with Crippen molar-refractivity contribution in [3.63, 3.8) is 0 Å². The van der Waals surface area contributed by atoms with Gasteiger partial charge in [0.1, 0.15) is 11.4 Å². The van der Waals surface area contributed by atoms with Crippen molar-refractivity contribution in [2.24, 2.45) is 11.3 Å². The molecule has 0 spiro atoms. The van der Waals surface area contributed by atoms with Crippen molar-refractivity contribution in [1.29, 1.82) is 5.26 Å². The first-order valence-electron chi connectivity index (χ1n) is 7.27. The van der Waals surface area contributed by atoms with Crippen molar-refractivity contribution in [2.45, 2.75) is 45.1 Å². The number of hydrogen-bond acceptors (Lipinski definition) is 3. The first kappa shape index (κ1) is 14.9. The van der Waals surface area contributed by atoms with Crippen LogP contribution < -0.4 is 4.74 Å². The molecule has 1 fully saturated rings. The zero-order valence-corrected chi connectivity index (χ0v) is 12.5. The van der Waals surface area contributed by atoms with Crippen LogP contribution in [0.5, 0.6) is 5.75 Å². The Kier molecular flexibility index (Phi) is 4.06. The van der Waals surface area contributed by atoms with E-state index in [0.29, 0.717) is 5.92 Å². The molecule has 1 saturated carbocycles. The lowest BCUT2D eigenvalue weighted by atomic mass is 9.68. The minimum absolute atomic E-state index is 0.541. The molecule has 1 aliphatic rings. The minimum atomic E-state index is -1.13. The third-order valence-corrected chi connectivity index (χ3v) is 4.99. The lowest BCUT2D eigenvalue weighted by molar-refractivity contribution is -0.0442. The Hall–Kier alpha value is -1.53. The number of benzene rings is 1. The fourth-order valence-electron chi connectivity index (χ4n) is 3.34. The molecule has 3 unspecified atom stereocenters. The standard InChI is InChI=1S/C17H23NO2/c1-4-13-9-10-17(11-13,12-18)16(2,19)14-5-7-15(20-3)8-6-14/h5-8,13,19H,4,9-11H2,1-3H3. The Balaban J connectivity index is 2.34. The average Bonchev–Trinajstić information content (AvgIpc) is 2.92. The van der Waals surface area contributed by atoms with Gasteiger partial charge >= 0.3 is 0 Å². The predicted molar refractivity (Wildman–Crippen MR) is 78.2 cm³/mol. The van der Waals surface area contributed by atoms with Crippen LogP contribution in [-0.4, -0.2) is 12.2 Å². The molecule has 0 aliphatic heterocycles. The molecule has 1 aromatic rings. The summed E-state index contributed by atoms with van der Waals surface area (Å²) in [6.07, 6.45) is 3.64. The van der Waals surface area contributed by atoms with E-state index in [0.717, 1.165) is 37.0 Å². The molecular weight excluding hydrogens is 250 g/mol. The molecule has 0 radical (unpaired) electrons. The van der Waals surface area contributed by atoms with Crippen molar-refractivity contribution in [2.75, 3.05) is 7.11 Å². The van der Waals surface area contributed by atoms with Gasteiger partial charge in [0, 0.05) is 0 Å². The van der Waals surface area contributed by atoms with E-state index < -0.39 is 11.0 Å². The Morgan fingerprint density at radius 1 is 1.45 bits per heavy atom. The quantitative estimate of drug-likeness (QED) is 0.911.